The van der Waals surface area contributed by atoms with E-state index in [9.17, 15) is 14.4 Å². The van der Waals surface area contributed by atoms with Crippen LogP contribution >= 0.6 is 0 Å². The van der Waals surface area contributed by atoms with Crippen molar-refractivity contribution in [1.82, 2.24) is 15.6 Å². The monoisotopic (exact) mass is 280 g/mol. The Balaban J connectivity index is 2.35. The average molecular weight is 280 g/mol. The number of aliphatic carboxylic acids is 1. The highest BCUT2D eigenvalue weighted by atomic mass is 16.4. The van der Waals surface area contributed by atoms with Gasteiger partial charge in [-0.25, -0.2) is 9.59 Å². The summed E-state index contributed by atoms with van der Waals surface area (Å²) in [6.45, 7) is 0.297. The van der Waals surface area contributed by atoms with Crippen molar-refractivity contribution in [2.24, 2.45) is 5.73 Å². The van der Waals surface area contributed by atoms with E-state index in [-0.39, 0.29) is 0 Å². The van der Waals surface area contributed by atoms with Crippen LogP contribution in [0.2, 0.25) is 0 Å². The molecule has 3 amide bonds. The van der Waals surface area contributed by atoms with Gasteiger partial charge in [-0.05, 0) is 12.1 Å². The van der Waals surface area contributed by atoms with Crippen LogP contribution < -0.4 is 16.4 Å². The summed E-state index contributed by atoms with van der Waals surface area (Å²) in [7, 11) is 0. The van der Waals surface area contributed by atoms with Crippen LogP contribution in [0.1, 0.15) is 12.1 Å². The molecule has 1 heterocycles. The van der Waals surface area contributed by atoms with Gasteiger partial charge in [-0.2, -0.15) is 0 Å². The number of nitrogens with zero attached hydrogens (tertiary/aromatic N) is 1. The van der Waals surface area contributed by atoms with E-state index in [4.69, 9.17) is 10.8 Å². The molecular weight excluding hydrogens is 264 g/mol. The fourth-order valence-corrected chi connectivity index (χ4v) is 1.46. The van der Waals surface area contributed by atoms with E-state index >= 15 is 0 Å². The molecule has 0 aliphatic rings. The van der Waals surface area contributed by atoms with Gasteiger partial charge in [0.1, 0.15) is 6.04 Å². The number of hydrogen-bond acceptors (Lipinski definition) is 4. The van der Waals surface area contributed by atoms with E-state index in [1.54, 1.807) is 12.3 Å². The Morgan fingerprint density at radius 3 is 2.65 bits per heavy atom. The minimum absolute atomic E-state index is 0.297. The molecule has 0 spiro atoms. The Bertz CT molecular complexity index is 478. The first kappa shape index (κ1) is 15.4. The lowest BCUT2D eigenvalue weighted by molar-refractivity contribution is -0.140. The number of urea groups is 1. The van der Waals surface area contributed by atoms with Crippen LogP contribution in [-0.2, 0) is 16.0 Å². The molecule has 8 nitrogen and oxygen atoms in total. The molecule has 0 radical (unpaired) electrons. The maximum atomic E-state index is 11.5. The zero-order chi connectivity index (χ0) is 15.0. The number of carboxylic acid groups (broad SMARTS) is 1. The van der Waals surface area contributed by atoms with Crippen molar-refractivity contribution in [2.45, 2.75) is 18.9 Å². The fourth-order valence-electron chi connectivity index (χ4n) is 1.46. The minimum Gasteiger partial charge on any atom is -0.480 e. The van der Waals surface area contributed by atoms with Crippen molar-refractivity contribution in [3.63, 3.8) is 0 Å². The van der Waals surface area contributed by atoms with E-state index in [2.05, 4.69) is 15.6 Å². The lowest BCUT2D eigenvalue weighted by atomic mass is 10.2. The van der Waals surface area contributed by atoms with Crippen molar-refractivity contribution in [3.8, 4) is 0 Å². The number of nitrogens with one attached hydrogen (secondary N) is 2. The van der Waals surface area contributed by atoms with Crippen molar-refractivity contribution in [3.05, 3.63) is 30.1 Å². The van der Waals surface area contributed by atoms with Crippen molar-refractivity contribution in [2.75, 3.05) is 6.54 Å². The third-order valence-corrected chi connectivity index (χ3v) is 2.40. The molecule has 1 atom stereocenters. The summed E-state index contributed by atoms with van der Waals surface area (Å²) in [5.41, 5.74) is 5.71. The summed E-state index contributed by atoms with van der Waals surface area (Å²) in [4.78, 5) is 37.0. The number of hydrogen-bond donors (Lipinski definition) is 4. The first-order valence-corrected chi connectivity index (χ1v) is 5.94. The molecule has 0 saturated carbocycles. The largest absolute Gasteiger partial charge is 0.480 e. The second-order valence-electron chi connectivity index (χ2n) is 4.03. The second kappa shape index (κ2) is 7.72. The third-order valence-electron chi connectivity index (χ3n) is 2.40. The van der Waals surface area contributed by atoms with Crippen LogP contribution in [0.15, 0.2) is 24.4 Å². The van der Waals surface area contributed by atoms with Gasteiger partial charge in [0.2, 0.25) is 5.91 Å². The molecule has 0 fully saturated rings. The van der Waals surface area contributed by atoms with Gasteiger partial charge >= 0.3 is 12.0 Å². The number of carboxylic acids is 1. The van der Waals surface area contributed by atoms with Crippen LogP contribution in [-0.4, -0.2) is 40.6 Å². The quantitative estimate of drug-likeness (QED) is 0.521. The molecule has 1 aromatic heterocycles. The van der Waals surface area contributed by atoms with Crippen molar-refractivity contribution < 1.29 is 19.5 Å². The molecule has 0 aromatic carbocycles. The van der Waals surface area contributed by atoms with Crippen LogP contribution in [0.4, 0.5) is 4.79 Å². The SMILES string of the molecule is NC(=O)CC(NC(=O)NCCc1ccccn1)C(=O)O. The van der Waals surface area contributed by atoms with E-state index in [0.29, 0.717) is 13.0 Å². The Morgan fingerprint density at radius 2 is 2.10 bits per heavy atom. The van der Waals surface area contributed by atoms with Crippen molar-refractivity contribution >= 4 is 17.9 Å². The van der Waals surface area contributed by atoms with Crippen LogP contribution in [0.25, 0.3) is 0 Å². The van der Waals surface area contributed by atoms with Gasteiger partial charge in [-0.3, -0.25) is 9.78 Å². The Morgan fingerprint density at radius 1 is 1.35 bits per heavy atom. The first-order valence-electron chi connectivity index (χ1n) is 5.94. The highest BCUT2D eigenvalue weighted by Gasteiger charge is 2.21. The number of primary amides is 1. The molecule has 0 saturated heterocycles. The maximum absolute atomic E-state index is 11.5. The summed E-state index contributed by atoms with van der Waals surface area (Å²) in [5.74, 6) is -2.12. The van der Waals surface area contributed by atoms with Crippen molar-refractivity contribution in [1.29, 1.82) is 0 Å². The normalized spacial score (nSPS) is 11.4. The molecule has 0 bridgehead atoms. The standard InChI is InChI=1S/C12H16N4O4/c13-10(17)7-9(11(18)19)16-12(20)15-6-4-8-3-1-2-5-14-8/h1-3,5,9H,4,6-7H2,(H2,13,17)(H,18,19)(H2,15,16,20). The summed E-state index contributed by atoms with van der Waals surface area (Å²) in [6, 6.07) is 3.42. The number of nitrogens with two attached hydrogens (primary N) is 1. The smallest absolute Gasteiger partial charge is 0.326 e. The highest BCUT2D eigenvalue weighted by Crippen LogP contribution is 1.94. The maximum Gasteiger partial charge on any atom is 0.326 e. The van der Waals surface area contributed by atoms with Crippen LogP contribution in [0.3, 0.4) is 0 Å². The molecule has 0 aliphatic carbocycles. The van der Waals surface area contributed by atoms with Gasteiger partial charge in [-0.15, -0.1) is 0 Å². The predicted molar refractivity (Wildman–Crippen MR) is 69.7 cm³/mol. The van der Waals surface area contributed by atoms with E-state index < -0.39 is 30.4 Å². The first-order chi connectivity index (χ1) is 9.49. The Labute approximate surface area is 115 Å². The van der Waals surface area contributed by atoms with E-state index in [0.717, 1.165) is 5.69 Å². The molecule has 0 aliphatic heterocycles. The number of carbonyl (C=O) groups is 3. The number of amides is 3. The topological polar surface area (TPSA) is 134 Å². The minimum atomic E-state index is -1.33. The fraction of sp³-hybridized carbons (Fsp3) is 0.333. The molecule has 8 heteroatoms. The summed E-state index contributed by atoms with van der Waals surface area (Å²) in [5, 5.41) is 13.5. The van der Waals surface area contributed by atoms with Crippen LogP contribution in [0, 0.1) is 0 Å². The zero-order valence-electron chi connectivity index (χ0n) is 10.7. The Kier molecular flexibility index (Phi) is 5.95. The Hall–Kier alpha value is -2.64. The van der Waals surface area contributed by atoms with E-state index in [1.807, 2.05) is 12.1 Å². The average Bonchev–Trinajstić information content (AvgIpc) is 2.38. The van der Waals surface area contributed by atoms with Gasteiger partial charge in [0, 0.05) is 24.9 Å². The second-order valence-corrected chi connectivity index (χ2v) is 4.03. The third kappa shape index (κ3) is 5.80. The molecule has 1 unspecified atom stereocenters. The lowest BCUT2D eigenvalue weighted by Gasteiger charge is -2.13. The molecule has 108 valence electrons. The van der Waals surface area contributed by atoms with E-state index in [1.165, 1.54) is 0 Å². The van der Waals surface area contributed by atoms with Gasteiger partial charge in [0.05, 0.1) is 6.42 Å². The molecular formula is C12H16N4O4. The zero-order valence-corrected chi connectivity index (χ0v) is 10.7. The van der Waals surface area contributed by atoms with Crippen LogP contribution in [0.5, 0.6) is 0 Å². The molecule has 20 heavy (non-hydrogen) atoms. The van der Waals surface area contributed by atoms with Gasteiger partial charge in [0.25, 0.3) is 0 Å². The van der Waals surface area contributed by atoms with Gasteiger partial charge in [-0.1, -0.05) is 6.07 Å². The number of rotatable bonds is 7. The molecule has 1 rings (SSSR count). The van der Waals surface area contributed by atoms with Gasteiger partial charge < -0.3 is 21.5 Å². The number of pyridine rings is 1. The molecule has 1 aromatic rings. The summed E-state index contributed by atoms with van der Waals surface area (Å²) < 4.78 is 0. The van der Waals surface area contributed by atoms with Gasteiger partial charge in [0.15, 0.2) is 0 Å². The number of aromatic nitrogens is 1. The predicted octanol–water partition coefficient (Wildman–Crippen LogP) is -0.748. The summed E-state index contributed by atoms with van der Waals surface area (Å²) in [6.07, 6.45) is 1.70. The molecule has 5 N–H and O–H groups in total. The number of carbonyl (C=O) groups excluding carboxylic acids is 2. The highest BCUT2D eigenvalue weighted by molar-refractivity contribution is 5.87. The lowest BCUT2D eigenvalue weighted by Crippen LogP contribution is -2.48. The summed E-state index contributed by atoms with van der Waals surface area (Å²) >= 11 is 0.